The second-order valence-electron chi connectivity index (χ2n) is 5.36. The Hall–Kier alpha value is -1.91. The van der Waals surface area contributed by atoms with E-state index in [2.05, 4.69) is 4.74 Å². The van der Waals surface area contributed by atoms with Gasteiger partial charge in [0, 0.05) is 5.56 Å². The van der Waals surface area contributed by atoms with E-state index in [4.69, 9.17) is 14.6 Å². The third kappa shape index (κ3) is 3.94. The summed E-state index contributed by atoms with van der Waals surface area (Å²) in [4.78, 5) is 11.4. The van der Waals surface area contributed by atoms with Crippen molar-refractivity contribution in [1.82, 2.24) is 0 Å². The van der Waals surface area contributed by atoms with Gasteiger partial charge in [-0.1, -0.05) is 0 Å². The third-order valence-electron chi connectivity index (χ3n) is 3.70. The number of methoxy groups -OCH3 is 1. The summed E-state index contributed by atoms with van der Waals surface area (Å²) in [5, 5.41) is 48.2. The maximum Gasteiger partial charge on any atom is 0.310 e. The topological polar surface area (TPSA) is 146 Å². The Morgan fingerprint density at radius 2 is 1.92 bits per heavy atom. The molecule has 5 atom stereocenters. The Morgan fingerprint density at radius 3 is 2.54 bits per heavy atom. The summed E-state index contributed by atoms with van der Waals surface area (Å²) in [5.41, 5.74) is 0.277. The Balaban J connectivity index is 2.21. The minimum absolute atomic E-state index is 0.102. The summed E-state index contributed by atoms with van der Waals surface area (Å²) in [5.74, 6) is -0.558. The molecule has 2 rings (SSSR count). The van der Waals surface area contributed by atoms with Gasteiger partial charge in [-0.05, 0) is 18.2 Å². The highest BCUT2D eigenvalue weighted by Crippen LogP contribution is 2.29. The lowest BCUT2D eigenvalue weighted by atomic mass is 9.99. The van der Waals surface area contributed by atoms with E-state index in [9.17, 15) is 25.2 Å². The number of aliphatic hydroxyl groups is 4. The zero-order valence-corrected chi connectivity index (χ0v) is 12.9. The van der Waals surface area contributed by atoms with Crippen LogP contribution in [0.5, 0.6) is 11.5 Å². The van der Waals surface area contributed by atoms with Crippen LogP contribution in [0.3, 0.4) is 0 Å². The van der Waals surface area contributed by atoms with Crippen molar-refractivity contribution in [2.75, 3.05) is 13.7 Å². The number of rotatable bonds is 5. The number of esters is 1. The zero-order valence-electron chi connectivity index (χ0n) is 12.9. The molecule has 0 aliphatic carbocycles. The molecule has 1 aromatic rings. The van der Waals surface area contributed by atoms with Gasteiger partial charge in [0.05, 0.1) is 20.1 Å². The average Bonchev–Trinajstić information content (AvgIpc) is 2.57. The molecule has 24 heavy (non-hydrogen) atoms. The summed E-state index contributed by atoms with van der Waals surface area (Å²) >= 11 is 0. The molecule has 5 unspecified atom stereocenters. The number of ether oxygens (including phenoxy) is 3. The molecule has 0 aromatic heterocycles. The predicted octanol–water partition coefficient (Wildman–Crippen LogP) is -1.71. The minimum Gasteiger partial charge on any atom is -0.508 e. The summed E-state index contributed by atoms with van der Waals surface area (Å²) in [7, 11) is 1.21. The molecule has 9 heteroatoms. The maximum absolute atomic E-state index is 11.4. The molecule has 1 aliphatic rings. The Kier molecular flexibility index (Phi) is 5.97. The van der Waals surface area contributed by atoms with Crippen LogP contribution >= 0.6 is 0 Å². The van der Waals surface area contributed by atoms with Crippen molar-refractivity contribution < 1.29 is 44.5 Å². The molecule has 1 fully saturated rings. The summed E-state index contributed by atoms with van der Waals surface area (Å²) in [6.07, 6.45) is -7.36. The van der Waals surface area contributed by atoms with Gasteiger partial charge in [-0.3, -0.25) is 4.79 Å². The van der Waals surface area contributed by atoms with Crippen LogP contribution in [0.2, 0.25) is 0 Å². The maximum atomic E-state index is 11.4. The molecule has 1 aromatic carbocycles. The van der Waals surface area contributed by atoms with E-state index in [1.165, 1.54) is 25.3 Å². The molecule has 5 N–H and O–H groups in total. The zero-order chi connectivity index (χ0) is 17.9. The normalized spacial score (nSPS) is 30.0. The lowest BCUT2D eigenvalue weighted by Gasteiger charge is -2.39. The highest BCUT2D eigenvalue weighted by Gasteiger charge is 2.44. The van der Waals surface area contributed by atoms with Gasteiger partial charge in [-0.2, -0.15) is 0 Å². The Bertz CT molecular complexity index is 574. The molecule has 1 heterocycles. The van der Waals surface area contributed by atoms with E-state index in [-0.39, 0.29) is 23.5 Å². The van der Waals surface area contributed by atoms with Crippen molar-refractivity contribution in [3.63, 3.8) is 0 Å². The van der Waals surface area contributed by atoms with Crippen LogP contribution in [-0.4, -0.2) is 75.9 Å². The summed E-state index contributed by atoms with van der Waals surface area (Å²) in [6, 6.07) is 3.95. The summed E-state index contributed by atoms with van der Waals surface area (Å²) in [6.45, 7) is -0.588. The minimum atomic E-state index is -1.58. The van der Waals surface area contributed by atoms with Crippen LogP contribution in [0.25, 0.3) is 0 Å². The number of aliphatic hydroxyl groups excluding tert-OH is 4. The van der Waals surface area contributed by atoms with Crippen molar-refractivity contribution >= 4 is 5.97 Å². The van der Waals surface area contributed by atoms with E-state index in [0.717, 1.165) is 0 Å². The SMILES string of the molecule is COC(=O)Cc1cc(O)ccc1OC1OC(CO)C(O)C(O)C1O. The fourth-order valence-electron chi connectivity index (χ4n) is 2.34. The molecule has 0 amide bonds. The third-order valence-corrected chi connectivity index (χ3v) is 3.70. The number of hydrogen-bond donors (Lipinski definition) is 5. The van der Waals surface area contributed by atoms with E-state index >= 15 is 0 Å². The van der Waals surface area contributed by atoms with Crippen molar-refractivity contribution in [1.29, 1.82) is 0 Å². The van der Waals surface area contributed by atoms with E-state index < -0.39 is 43.3 Å². The predicted molar refractivity (Wildman–Crippen MR) is 78.2 cm³/mol. The van der Waals surface area contributed by atoms with Crippen molar-refractivity contribution in [3.8, 4) is 11.5 Å². The number of carbonyl (C=O) groups is 1. The Labute approximate surface area is 137 Å². The van der Waals surface area contributed by atoms with Crippen LogP contribution in [0, 0.1) is 0 Å². The van der Waals surface area contributed by atoms with Gasteiger partial charge >= 0.3 is 5.97 Å². The summed E-state index contributed by atoms with van der Waals surface area (Å²) < 4.78 is 15.3. The molecular formula is C15H20O9. The quantitative estimate of drug-likeness (QED) is 0.394. The molecule has 0 bridgehead atoms. The smallest absolute Gasteiger partial charge is 0.310 e. The van der Waals surface area contributed by atoms with Gasteiger partial charge in [0.1, 0.15) is 35.9 Å². The van der Waals surface area contributed by atoms with Crippen LogP contribution in [0.1, 0.15) is 5.56 Å². The first kappa shape index (κ1) is 18.4. The second-order valence-corrected chi connectivity index (χ2v) is 5.36. The van der Waals surface area contributed by atoms with E-state index in [1.54, 1.807) is 0 Å². The van der Waals surface area contributed by atoms with Crippen LogP contribution in [0.4, 0.5) is 0 Å². The molecule has 9 nitrogen and oxygen atoms in total. The second kappa shape index (κ2) is 7.77. The largest absolute Gasteiger partial charge is 0.508 e. The molecule has 0 spiro atoms. The Morgan fingerprint density at radius 1 is 1.21 bits per heavy atom. The fraction of sp³-hybridized carbons (Fsp3) is 0.533. The van der Waals surface area contributed by atoms with Crippen molar-refractivity contribution in [2.24, 2.45) is 0 Å². The van der Waals surface area contributed by atoms with Crippen LogP contribution < -0.4 is 4.74 Å². The first-order valence-corrected chi connectivity index (χ1v) is 7.23. The number of carbonyl (C=O) groups excluding carboxylic acids is 1. The number of phenols is 1. The van der Waals surface area contributed by atoms with Crippen molar-refractivity contribution in [3.05, 3.63) is 23.8 Å². The van der Waals surface area contributed by atoms with Gasteiger partial charge in [0.2, 0.25) is 6.29 Å². The van der Waals surface area contributed by atoms with Gasteiger partial charge < -0.3 is 39.7 Å². The van der Waals surface area contributed by atoms with E-state index in [1.807, 2.05) is 0 Å². The molecule has 1 saturated heterocycles. The van der Waals surface area contributed by atoms with Gasteiger partial charge in [-0.15, -0.1) is 0 Å². The van der Waals surface area contributed by atoms with Gasteiger partial charge in [-0.25, -0.2) is 0 Å². The number of phenolic OH excluding ortho intramolecular Hbond substituents is 1. The fourth-order valence-corrected chi connectivity index (χ4v) is 2.34. The van der Waals surface area contributed by atoms with Gasteiger partial charge in [0.15, 0.2) is 0 Å². The molecular weight excluding hydrogens is 324 g/mol. The molecule has 0 radical (unpaired) electrons. The molecule has 134 valence electrons. The van der Waals surface area contributed by atoms with Crippen LogP contribution in [-0.2, 0) is 20.7 Å². The number of hydrogen-bond acceptors (Lipinski definition) is 9. The monoisotopic (exact) mass is 344 g/mol. The van der Waals surface area contributed by atoms with E-state index in [0.29, 0.717) is 0 Å². The lowest BCUT2D eigenvalue weighted by Crippen LogP contribution is -2.60. The first-order valence-electron chi connectivity index (χ1n) is 7.23. The van der Waals surface area contributed by atoms with Gasteiger partial charge in [0.25, 0.3) is 0 Å². The van der Waals surface area contributed by atoms with Crippen molar-refractivity contribution in [2.45, 2.75) is 37.1 Å². The standard InChI is InChI=1S/C15H20O9/c1-22-11(18)5-7-4-8(17)2-3-9(7)23-15-14(21)13(20)12(19)10(6-16)24-15/h2-4,10,12-17,19-21H,5-6H2,1H3. The highest BCUT2D eigenvalue weighted by molar-refractivity contribution is 5.73. The molecule has 0 saturated carbocycles. The highest BCUT2D eigenvalue weighted by atomic mass is 16.7. The number of benzene rings is 1. The number of aromatic hydroxyl groups is 1. The molecule has 1 aliphatic heterocycles. The average molecular weight is 344 g/mol. The lowest BCUT2D eigenvalue weighted by molar-refractivity contribution is -0.277. The van der Waals surface area contributed by atoms with Crippen LogP contribution in [0.15, 0.2) is 18.2 Å². The first-order chi connectivity index (χ1) is 11.4.